The molecule has 140 valence electrons. The van der Waals surface area contributed by atoms with E-state index >= 15 is 0 Å². The van der Waals surface area contributed by atoms with Gasteiger partial charge in [0, 0.05) is 6.42 Å². The number of rotatable bonds is 12. The second-order valence-corrected chi connectivity index (χ2v) is 6.03. The van der Waals surface area contributed by atoms with Crippen LogP contribution in [-0.4, -0.2) is 57.9 Å². The minimum absolute atomic E-state index is 0.0414. The summed E-state index contributed by atoms with van der Waals surface area (Å²) in [5.74, 6) is -1.31. The van der Waals surface area contributed by atoms with Crippen LogP contribution in [0.2, 0.25) is 0 Å². The minimum atomic E-state index is -0.991. The molecular formula is C16H26N4O5. The van der Waals surface area contributed by atoms with Crippen LogP contribution in [-0.2, 0) is 32.2 Å². The second-order valence-electron chi connectivity index (χ2n) is 6.03. The van der Waals surface area contributed by atoms with E-state index in [-0.39, 0.29) is 25.3 Å². The van der Waals surface area contributed by atoms with Crippen LogP contribution < -0.4 is 5.32 Å². The van der Waals surface area contributed by atoms with Gasteiger partial charge in [-0.25, -0.2) is 4.68 Å². The first-order valence-corrected chi connectivity index (χ1v) is 8.70. The normalized spacial score (nSPS) is 14.7. The Bertz CT molecular complexity index is 542. The number of carboxylic acids is 1. The van der Waals surface area contributed by atoms with E-state index in [0.717, 1.165) is 12.8 Å². The van der Waals surface area contributed by atoms with Crippen molar-refractivity contribution in [1.29, 1.82) is 0 Å². The summed E-state index contributed by atoms with van der Waals surface area (Å²) in [6.07, 6.45) is 6.77. The van der Waals surface area contributed by atoms with Gasteiger partial charge < -0.3 is 19.9 Å². The summed E-state index contributed by atoms with van der Waals surface area (Å²) in [4.78, 5) is 21.8. The topological polar surface area (TPSA) is 116 Å². The molecule has 0 bridgehead atoms. The van der Waals surface area contributed by atoms with Crippen molar-refractivity contribution in [3.8, 4) is 0 Å². The third kappa shape index (κ3) is 8.08. The van der Waals surface area contributed by atoms with Gasteiger partial charge in [-0.3, -0.25) is 9.59 Å². The molecule has 1 saturated carbocycles. The quantitative estimate of drug-likeness (QED) is 0.532. The summed E-state index contributed by atoms with van der Waals surface area (Å²) in [6.45, 7) is 2.51. The van der Waals surface area contributed by atoms with Gasteiger partial charge in [0.2, 0.25) is 5.91 Å². The number of amides is 1. The molecule has 0 radical (unpaired) electrons. The Labute approximate surface area is 146 Å². The van der Waals surface area contributed by atoms with Gasteiger partial charge in [-0.2, -0.15) is 0 Å². The van der Waals surface area contributed by atoms with Gasteiger partial charge in [0.05, 0.1) is 51.6 Å². The Kier molecular flexibility index (Phi) is 8.33. The molecule has 1 aromatic heterocycles. The first kappa shape index (κ1) is 19.3. The number of aromatic nitrogens is 3. The number of hydrogen-bond donors (Lipinski definition) is 2. The van der Waals surface area contributed by atoms with Gasteiger partial charge in [-0.15, -0.1) is 5.10 Å². The molecule has 1 aromatic rings. The Morgan fingerprint density at radius 2 is 2.04 bits per heavy atom. The lowest BCUT2D eigenvalue weighted by Crippen LogP contribution is -2.23. The van der Waals surface area contributed by atoms with Gasteiger partial charge in [0.1, 0.15) is 5.69 Å². The molecule has 0 saturated heterocycles. The van der Waals surface area contributed by atoms with E-state index in [4.69, 9.17) is 14.6 Å². The minimum Gasteiger partial charge on any atom is -0.481 e. The van der Waals surface area contributed by atoms with Crippen LogP contribution in [0.15, 0.2) is 6.20 Å². The lowest BCUT2D eigenvalue weighted by Gasteiger charge is -2.10. The molecule has 0 aliphatic heterocycles. The van der Waals surface area contributed by atoms with Crippen LogP contribution in [0.4, 0.5) is 0 Å². The second kappa shape index (κ2) is 10.8. The SMILES string of the molecule is O=C(O)CCC(=O)NCc1cn(CCOCCOC2CCCC2)nn1. The zero-order valence-corrected chi connectivity index (χ0v) is 14.4. The molecule has 2 rings (SSSR count). The highest BCUT2D eigenvalue weighted by Gasteiger charge is 2.14. The smallest absolute Gasteiger partial charge is 0.303 e. The van der Waals surface area contributed by atoms with E-state index in [2.05, 4.69) is 15.6 Å². The van der Waals surface area contributed by atoms with Crippen molar-refractivity contribution in [3.05, 3.63) is 11.9 Å². The van der Waals surface area contributed by atoms with E-state index < -0.39 is 5.97 Å². The number of aliphatic carboxylic acids is 1. The van der Waals surface area contributed by atoms with E-state index in [1.54, 1.807) is 10.9 Å². The van der Waals surface area contributed by atoms with Gasteiger partial charge in [-0.1, -0.05) is 18.1 Å². The number of carbonyl (C=O) groups excluding carboxylic acids is 1. The van der Waals surface area contributed by atoms with Crippen molar-refractivity contribution in [2.24, 2.45) is 0 Å². The largest absolute Gasteiger partial charge is 0.481 e. The molecule has 9 heteroatoms. The van der Waals surface area contributed by atoms with Crippen LogP contribution in [0.5, 0.6) is 0 Å². The van der Waals surface area contributed by atoms with Crippen LogP contribution in [0.1, 0.15) is 44.2 Å². The molecule has 25 heavy (non-hydrogen) atoms. The summed E-state index contributed by atoms with van der Waals surface area (Å²) in [5.41, 5.74) is 0.619. The molecule has 0 aromatic carbocycles. The standard InChI is InChI=1S/C16H26N4O5/c21-15(5-6-16(22)23)17-11-13-12-20(19-18-13)7-8-24-9-10-25-14-3-1-2-4-14/h12,14H,1-11H2,(H,17,21)(H,22,23). The van der Waals surface area contributed by atoms with Crippen LogP contribution in [0, 0.1) is 0 Å². The van der Waals surface area contributed by atoms with Crippen molar-refractivity contribution < 1.29 is 24.2 Å². The number of ether oxygens (including phenoxy) is 2. The molecular weight excluding hydrogens is 328 g/mol. The number of nitrogens with one attached hydrogen (secondary N) is 1. The molecule has 1 fully saturated rings. The molecule has 1 amide bonds. The molecule has 0 spiro atoms. The maximum Gasteiger partial charge on any atom is 0.303 e. The number of carboxylic acid groups (broad SMARTS) is 1. The third-order valence-corrected chi connectivity index (χ3v) is 3.97. The molecule has 9 nitrogen and oxygen atoms in total. The van der Waals surface area contributed by atoms with Crippen molar-refractivity contribution in [2.45, 2.75) is 57.7 Å². The molecule has 2 N–H and O–H groups in total. The maximum absolute atomic E-state index is 11.4. The summed E-state index contributed by atoms with van der Waals surface area (Å²) >= 11 is 0. The lowest BCUT2D eigenvalue weighted by molar-refractivity contribution is -0.138. The van der Waals surface area contributed by atoms with Crippen LogP contribution in [0.3, 0.4) is 0 Å². The van der Waals surface area contributed by atoms with Gasteiger partial charge >= 0.3 is 5.97 Å². The van der Waals surface area contributed by atoms with Crippen molar-refractivity contribution in [2.75, 3.05) is 19.8 Å². The predicted molar refractivity (Wildman–Crippen MR) is 87.8 cm³/mol. The maximum atomic E-state index is 11.4. The fourth-order valence-electron chi connectivity index (χ4n) is 2.62. The number of hydrogen-bond acceptors (Lipinski definition) is 6. The van der Waals surface area contributed by atoms with Crippen molar-refractivity contribution in [3.63, 3.8) is 0 Å². The molecule has 0 unspecified atom stereocenters. The lowest BCUT2D eigenvalue weighted by atomic mass is 10.3. The molecule has 1 heterocycles. The van der Waals surface area contributed by atoms with E-state index in [1.165, 1.54) is 12.8 Å². The first-order valence-electron chi connectivity index (χ1n) is 8.70. The Morgan fingerprint density at radius 3 is 2.80 bits per heavy atom. The fraction of sp³-hybridized carbons (Fsp3) is 0.750. The van der Waals surface area contributed by atoms with E-state index in [9.17, 15) is 9.59 Å². The molecule has 1 aliphatic carbocycles. The summed E-state index contributed by atoms with van der Waals surface area (Å²) in [6, 6.07) is 0. The number of carbonyl (C=O) groups is 2. The van der Waals surface area contributed by atoms with Gasteiger partial charge in [0.15, 0.2) is 0 Å². The zero-order valence-electron chi connectivity index (χ0n) is 14.4. The number of nitrogens with zero attached hydrogens (tertiary/aromatic N) is 3. The predicted octanol–water partition coefficient (Wildman–Crippen LogP) is 0.735. The zero-order chi connectivity index (χ0) is 17.9. The van der Waals surface area contributed by atoms with Gasteiger partial charge in [0.25, 0.3) is 0 Å². The Balaban J connectivity index is 1.51. The monoisotopic (exact) mass is 354 g/mol. The molecule has 1 aliphatic rings. The van der Waals surface area contributed by atoms with Crippen LogP contribution >= 0.6 is 0 Å². The Morgan fingerprint density at radius 1 is 1.24 bits per heavy atom. The van der Waals surface area contributed by atoms with E-state index in [0.29, 0.717) is 38.2 Å². The molecule has 0 atom stereocenters. The van der Waals surface area contributed by atoms with Crippen LogP contribution in [0.25, 0.3) is 0 Å². The Hall–Kier alpha value is -2.00. The summed E-state index contributed by atoms with van der Waals surface area (Å²) in [7, 11) is 0. The highest BCUT2D eigenvalue weighted by Crippen LogP contribution is 2.20. The average Bonchev–Trinajstić information content (AvgIpc) is 3.26. The third-order valence-electron chi connectivity index (χ3n) is 3.97. The summed E-state index contributed by atoms with van der Waals surface area (Å²) < 4.78 is 12.9. The van der Waals surface area contributed by atoms with Gasteiger partial charge in [-0.05, 0) is 12.8 Å². The van der Waals surface area contributed by atoms with E-state index in [1.807, 2.05) is 0 Å². The van der Waals surface area contributed by atoms with Crippen molar-refractivity contribution >= 4 is 11.9 Å². The first-order chi connectivity index (χ1) is 12.1. The highest BCUT2D eigenvalue weighted by molar-refractivity contribution is 5.80. The fourth-order valence-corrected chi connectivity index (χ4v) is 2.62. The van der Waals surface area contributed by atoms with Crippen molar-refractivity contribution in [1.82, 2.24) is 20.3 Å². The summed E-state index contributed by atoms with van der Waals surface area (Å²) in [5, 5.41) is 19.0. The average molecular weight is 354 g/mol. The highest BCUT2D eigenvalue weighted by atomic mass is 16.5.